The highest BCUT2D eigenvalue weighted by molar-refractivity contribution is 7.89. The van der Waals surface area contributed by atoms with Crippen molar-refractivity contribution in [3.63, 3.8) is 0 Å². The number of aryl methyl sites for hydroxylation is 2. The molecule has 0 aliphatic heterocycles. The van der Waals surface area contributed by atoms with Gasteiger partial charge >= 0.3 is 0 Å². The molecule has 37 heavy (non-hydrogen) atoms. The van der Waals surface area contributed by atoms with E-state index in [0.717, 1.165) is 12.0 Å². The molecule has 4 aromatic rings. The Bertz CT molecular complexity index is 1550. The topological polar surface area (TPSA) is 130 Å². The van der Waals surface area contributed by atoms with E-state index in [1.165, 1.54) is 21.1 Å². The van der Waals surface area contributed by atoms with Gasteiger partial charge in [-0.3, -0.25) is 9.48 Å². The Morgan fingerprint density at radius 3 is 2.57 bits per heavy atom. The van der Waals surface area contributed by atoms with Crippen LogP contribution in [0.4, 0.5) is 0 Å². The molecule has 11 heteroatoms. The summed E-state index contributed by atoms with van der Waals surface area (Å²) in [6.45, 7) is 3.87. The first kappa shape index (κ1) is 26.5. The van der Waals surface area contributed by atoms with Crippen LogP contribution in [-0.4, -0.2) is 57.3 Å². The van der Waals surface area contributed by atoms with Gasteiger partial charge in [-0.1, -0.05) is 43.7 Å². The van der Waals surface area contributed by atoms with Crippen molar-refractivity contribution in [3.05, 3.63) is 70.1 Å². The molecule has 0 saturated carbocycles. The van der Waals surface area contributed by atoms with Crippen molar-refractivity contribution in [2.45, 2.75) is 38.1 Å². The fraction of sp³-hybridized carbons (Fsp3) is 0.346. The zero-order valence-electron chi connectivity index (χ0n) is 21.1. The zero-order valence-corrected chi connectivity index (χ0v) is 22.0. The van der Waals surface area contributed by atoms with E-state index < -0.39 is 10.0 Å². The number of ether oxygens (including phenoxy) is 1. The lowest BCUT2D eigenvalue weighted by molar-refractivity contribution is 0.251. The molecule has 2 aromatic carbocycles. The number of aliphatic hydroxyl groups excluding tert-OH is 1. The van der Waals surface area contributed by atoms with Crippen molar-refractivity contribution in [2.24, 2.45) is 7.05 Å². The van der Waals surface area contributed by atoms with Crippen LogP contribution in [0, 0.1) is 0 Å². The Labute approximate surface area is 215 Å². The number of H-pyrrole nitrogens is 1. The first-order chi connectivity index (χ1) is 17.8. The van der Waals surface area contributed by atoms with Crippen LogP contribution in [0.2, 0.25) is 0 Å². The monoisotopic (exact) mass is 525 g/mol. The largest absolute Gasteiger partial charge is 0.493 e. The second-order valence-electron chi connectivity index (χ2n) is 8.57. The molecule has 0 fully saturated rings. The van der Waals surface area contributed by atoms with Gasteiger partial charge in [0.15, 0.2) is 5.52 Å². The predicted molar refractivity (Wildman–Crippen MR) is 141 cm³/mol. The molecule has 0 aliphatic rings. The van der Waals surface area contributed by atoms with Crippen molar-refractivity contribution in [3.8, 4) is 17.1 Å². The fourth-order valence-corrected chi connectivity index (χ4v) is 5.69. The first-order valence-electron chi connectivity index (χ1n) is 12.2. The van der Waals surface area contributed by atoms with Gasteiger partial charge in [-0.15, -0.1) is 0 Å². The lowest BCUT2D eigenvalue weighted by Crippen LogP contribution is -2.33. The number of benzene rings is 2. The zero-order chi connectivity index (χ0) is 26.6. The highest BCUT2D eigenvalue weighted by Crippen LogP contribution is 2.32. The SMILES string of the molecule is CCCc1nn(C)c2c(=O)[nH]c(-c3cc(S(=O)(=O)N(CCO)Cc4ccccc4)ccc3OCC)nc12. The van der Waals surface area contributed by atoms with Gasteiger partial charge in [0.1, 0.15) is 17.1 Å². The first-order valence-corrected chi connectivity index (χ1v) is 13.6. The van der Waals surface area contributed by atoms with Crippen molar-refractivity contribution in [2.75, 3.05) is 19.8 Å². The molecule has 4 rings (SSSR count). The minimum absolute atomic E-state index is 0.00181. The van der Waals surface area contributed by atoms with Crippen LogP contribution >= 0.6 is 0 Å². The number of aromatic nitrogens is 4. The lowest BCUT2D eigenvalue weighted by Gasteiger charge is -2.22. The second kappa shape index (κ2) is 11.2. The number of nitrogens with one attached hydrogen (secondary N) is 1. The molecule has 0 atom stereocenters. The summed E-state index contributed by atoms with van der Waals surface area (Å²) in [6.07, 6.45) is 1.48. The number of aliphatic hydroxyl groups is 1. The summed E-state index contributed by atoms with van der Waals surface area (Å²) >= 11 is 0. The highest BCUT2D eigenvalue weighted by Gasteiger charge is 2.26. The van der Waals surface area contributed by atoms with Gasteiger partial charge in [-0.05, 0) is 37.1 Å². The number of sulfonamides is 1. The number of nitrogens with zero attached hydrogens (tertiary/aromatic N) is 4. The van der Waals surface area contributed by atoms with Crippen LogP contribution in [0.5, 0.6) is 5.75 Å². The van der Waals surface area contributed by atoms with Gasteiger partial charge in [0.25, 0.3) is 5.56 Å². The van der Waals surface area contributed by atoms with E-state index in [1.54, 1.807) is 13.1 Å². The number of hydrogen-bond acceptors (Lipinski definition) is 7. The Morgan fingerprint density at radius 1 is 1.14 bits per heavy atom. The fourth-order valence-electron chi connectivity index (χ4n) is 4.25. The molecule has 2 heterocycles. The van der Waals surface area contributed by atoms with E-state index in [0.29, 0.717) is 41.1 Å². The van der Waals surface area contributed by atoms with Crippen molar-refractivity contribution in [1.82, 2.24) is 24.1 Å². The third-order valence-corrected chi connectivity index (χ3v) is 7.79. The average molecular weight is 526 g/mol. The lowest BCUT2D eigenvalue weighted by atomic mass is 10.1. The summed E-state index contributed by atoms with van der Waals surface area (Å²) in [5.41, 5.74) is 2.29. The molecule has 0 radical (unpaired) electrons. The molecule has 0 unspecified atom stereocenters. The van der Waals surface area contributed by atoms with Gasteiger partial charge in [-0.25, -0.2) is 13.4 Å². The average Bonchev–Trinajstić information content (AvgIpc) is 3.20. The Balaban J connectivity index is 1.85. The molecular formula is C26H31N5O5S. The number of fused-ring (bicyclic) bond motifs is 1. The van der Waals surface area contributed by atoms with Gasteiger partial charge in [0.2, 0.25) is 10.0 Å². The maximum atomic E-state index is 13.7. The van der Waals surface area contributed by atoms with Crippen LogP contribution in [0.15, 0.2) is 58.2 Å². The van der Waals surface area contributed by atoms with Gasteiger partial charge in [0, 0.05) is 20.1 Å². The van der Waals surface area contributed by atoms with Crippen LogP contribution in [0.3, 0.4) is 0 Å². The molecule has 0 aliphatic carbocycles. The second-order valence-corrected chi connectivity index (χ2v) is 10.5. The molecule has 0 bridgehead atoms. The van der Waals surface area contributed by atoms with Crippen LogP contribution in [0.1, 0.15) is 31.5 Å². The summed E-state index contributed by atoms with van der Waals surface area (Å²) < 4.78 is 35.8. The Kier molecular flexibility index (Phi) is 8.06. The highest BCUT2D eigenvalue weighted by atomic mass is 32.2. The number of aromatic amines is 1. The normalized spacial score (nSPS) is 11.9. The van der Waals surface area contributed by atoms with Gasteiger partial charge < -0.3 is 14.8 Å². The van der Waals surface area contributed by atoms with Gasteiger partial charge in [-0.2, -0.15) is 9.40 Å². The maximum absolute atomic E-state index is 13.7. The number of rotatable bonds is 11. The Hall–Kier alpha value is -3.54. The van der Waals surface area contributed by atoms with E-state index in [1.807, 2.05) is 44.2 Å². The summed E-state index contributed by atoms with van der Waals surface area (Å²) in [6, 6.07) is 13.6. The molecule has 196 valence electrons. The van der Waals surface area contributed by atoms with Crippen molar-refractivity contribution in [1.29, 1.82) is 0 Å². The van der Waals surface area contributed by atoms with E-state index in [9.17, 15) is 18.3 Å². The molecule has 10 nitrogen and oxygen atoms in total. The molecule has 0 spiro atoms. The smallest absolute Gasteiger partial charge is 0.277 e. The Morgan fingerprint density at radius 2 is 1.89 bits per heavy atom. The third kappa shape index (κ3) is 5.43. The minimum atomic E-state index is -4.01. The van der Waals surface area contributed by atoms with Crippen molar-refractivity contribution < 1.29 is 18.3 Å². The third-order valence-electron chi connectivity index (χ3n) is 5.94. The van der Waals surface area contributed by atoms with Crippen LogP contribution in [-0.2, 0) is 30.0 Å². The van der Waals surface area contributed by atoms with Crippen molar-refractivity contribution >= 4 is 21.1 Å². The van der Waals surface area contributed by atoms with E-state index in [-0.39, 0.29) is 36.0 Å². The summed E-state index contributed by atoms with van der Waals surface area (Å²) in [5.74, 6) is 0.585. The van der Waals surface area contributed by atoms with Crippen LogP contribution in [0.25, 0.3) is 22.4 Å². The summed E-state index contributed by atoms with van der Waals surface area (Å²) in [5, 5.41) is 14.0. The maximum Gasteiger partial charge on any atom is 0.277 e. The molecule has 0 amide bonds. The number of hydrogen-bond donors (Lipinski definition) is 2. The molecular weight excluding hydrogens is 494 g/mol. The van der Waals surface area contributed by atoms with E-state index in [2.05, 4.69) is 10.1 Å². The predicted octanol–water partition coefficient (Wildman–Crippen LogP) is 2.86. The summed E-state index contributed by atoms with van der Waals surface area (Å²) in [4.78, 5) is 20.5. The van der Waals surface area contributed by atoms with E-state index in [4.69, 9.17) is 9.72 Å². The molecule has 0 saturated heterocycles. The minimum Gasteiger partial charge on any atom is -0.493 e. The standard InChI is InChI=1S/C26H31N5O5S/c1-4-9-21-23-24(30(3)29-21)26(33)28-25(27-23)20-16-19(12-13-22(20)36-5-2)37(34,35)31(14-15-32)17-18-10-7-6-8-11-18/h6-8,10-13,16,32H,4-5,9,14-15,17H2,1-3H3,(H,27,28,33). The van der Waals surface area contributed by atoms with Gasteiger partial charge in [0.05, 0.1) is 29.4 Å². The molecule has 2 aromatic heterocycles. The quantitative estimate of drug-likeness (QED) is 0.308. The molecule has 2 N–H and O–H groups in total. The van der Waals surface area contributed by atoms with Crippen LogP contribution < -0.4 is 10.3 Å². The van der Waals surface area contributed by atoms with E-state index >= 15 is 0 Å². The summed E-state index contributed by atoms with van der Waals surface area (Å²) in [7, 11) is -2.31.